The molecule has 1 aromatic heterocycles. The Morgan fingerprint density at radius 3 is 2.61 bits per heavy atom. The van der Waals surface area contributed by atoms with Crippen molar-refractivity contribution in [3.63, 3.8) is 0 Å². The Kier molecular flexibility index (Phi) is 6.52. The van der Waals surface area contributed by atoms with Crippen molar-refractivity contribution in [3.8, 4) is 5.75 Å². The number of hydrogen-bond acceptors (Lipinski definition) is 5. The molecule has 3 saturated carbocycles. The third kappa shape index (κ3) is 5.08. The van der Waals surface area contributed by atoms with Crippen molar-refractivity contribution in [3.05, 3.63) is 58.6 Å². The summed E-state index contributed by atoms with van der Waals surface area (Å²) in [5.74, 6) is -0.699. The van der Waals surface area contributed by atoms with Gasteiger partial charge in [0.2, 0.25) is 0 Å². The van der Waals surface area contributed by atoms with Crippen molar-refractivity contribution < 1.29 is 23.5 Å². The van der Waals surface area contributed by atoms with Crippen LogP contribution in [0.15, 0.2) is 36.5 Å². The Labute approximate surface area is 196 Å². The predicted octanol–water partition coefficient (Wildman–Crippen LogP) is 4.94. The van der Waals surface area contributed by atoms with E-state index < -0.39 is 5.82 Å². The van der Waals surface area contributed by atoms with Crippen LogP contribution in [0.2, 0.25) is 5.02 Å². The van der Waals surface area contributed by atoms with Crippen molar-refractivity contribution in [1.82, 2.24) is 10.3 Å². The van der Waals surface area contributed by atoms with Gasteiger partial charge in [0.1, 0.15) is 17.3 Å². The highest BCUT2D eigenvalue weighted by Gasteiger charge is 2.68. The molecule has 5 rings (SSSR count). The van der Waals surface area contributed by atoms with E-state index >= 15 is 0 Å². The molecule has 0 atom stereocenters. The fourth-order valence-electron chi connectivity index (χ4n) is 5.03. The van der Waals surface area contributed by atoms with Crippen LogP contribution in [-0.4, -0.2) is 34.6 Å². The Bertz CT molecular complexity index is 1080. The van der Waals surface area contributed by atoms with Crippen LogP contribution >= 0.6 is 11.6 Å². The average Bonchev–Trinajstić information content (AvgIpc) is 2.76. The average molecular weight is 473 g/mol. The van der Waals surface area contributed by atoms with Gasteiger partial charge in [-0.3, -0.25) is 19.4 Å². The Morgan fingerprint density at radius 2 is 1.91 bits per heavy atom. The SMILES string of the molecule is CCCCC(=O)c1cc(C(=O)CC23CC(NC(=O)COc4ccc(Cl)c(F)c4)(C2)C3)ccn1. The second kappa shape index (κ2) is 9.21. The number of benzene rings is 1. The number of Topliss-reactive ketones (excluding diaryl/α,β-unsaturated/α-hetero) is 2. The summed E-state index contributed by atoms with van der Waals surface area (Å²) in [5.41, 5.74) is 0.471. The minimum atomic E-state index is -0.604. The molecule has 0 radical (unpaired) electrons. The molecule has 0 saturated heterocycles. The van der Waals surface area contributed by atoms with E-state index in [0.29, 0.717) is 24.1 Å². The fourth-order valence-corrected chi connectivity index (χ4v) is 5.15. The molecule has 174 valence electrons. The topological polar surface area (TPSA) is 85.4 Å². The molecule has 0 aliphatic heterocycles. The zero-order valence-corrected chi connectivity index (χ0v) is 19.2. The summed E-state index contributed by atoms with van der Waals surface area (Å²) in [4.78, 5) is 41.4. The zero-order valence-electron chi connectivity index (χ0n) is 18.5. The number of hydrogen-bond donors (Lipinski definition) is 1. The number of ether oxygens (including phenoxy) is 1. The van der Waals surface area contributed by atoms with Crippen LogP contribution in [0, 0.1) is 11.2 Å². The maximum absolute atomic E-state index is 13.5. The van der Waals surface area contributed by atoms with Crippen LogP contribution < -0.4 is 10.1 Å². The number of carbonyl (C=O) groups excluding carboxylic acids is 3. The molecular formula is C25H26ClFN2O4. The van der Waals surface area contributed by atoms with E-state index in [1.165, 1.54) is 18.3 Å². The summed E-state index contributed by atoms with van der Waals surface area (Å²) < 4.78 is 18.8. The van der Waals surface area contributed by atoms with E-state index in [2.05, 4.69) is 10.3 Å². The smallest absolute Gasteiger partial charge is 0.258 e. The number of rotatable bonds is 11. The number of amides is 1. The first-order chi connectivity index (χ1) is 15.7. The van der Waals surface area contributed by atoms with Gasteiger partial charge in [0.25, 0.3) is 5.91 Å². The molecule has 2 aromatic rings. The van der Waals surface area contributed by atoms with Gasteiger partial charge in [-0.15, -0.1) is 0 Å². The Balaban J connectivity index is 1.24. The summed E-state index contributed by atoms with van der Waals surface area (Å²) in [5, 5.41) is 2.98. The van der Waals surface area contributed by atoms with Crippen LogP contribution in [0.25, 0.3) is 0 Å². The first-order valence-corrected chi connectivity index (χ1v) is 11.5. The molecule has 3 fully saturated rings. The molecular weight excluding hydrogens is 447 g/mol. The second-order valence-corrected chi connectivity index (χ2v) is 9.69. The highest BCUT2D eigenvalue weighted by atomic mass is 35.5. The third-order valence-corrected chi connectivity index (χ3v) is 6.77. The van der Waals surface area contributed by atoms with Crippen molar-refractivity contribution in [2.45, 2.75) is 57.4 Å². The van der Waals surface area contributed by atoms with Crippen LogP contribution in [0.1, 0.15) is 72.7 Å². The molecule has 0 spiro atoms. The zero-order chi connectivity index (χ0) is 23.6. The highest BCUT2D eigenvalue weighted by Crippen LogP contribution is 2.69. The van der Waals surface area contributed by atoms with Crippen molar-refractivity contribution in [2.75, 3.05) is 6.61 Å². The van der Waals surface area contributed by atoms with Gasteiger partial charge in [-0.2, -0.15) is 0 Å². The van der Waals surface area contributed by atoms with Crippen LogP contribution in [-0.2, 0) is 4.79 Å². The van der Waals surface area contributed by atoms with Gasteiger partial charge in [0, 0.05) is 36.2 Å². The second-order valence-electron chi connectivity index (χ2n) is 9.28. The Morgan fingerprint density at radius 1 is 1.15 bits per heavy atom. The number of unbranched alkanes of at least 4 members (excludes halogenated alkanes) is 1. The number of nitrogens with one attached hydrogen (secondary N) is 1. The highest BCUT2D eigenvalue weighted by molar-refractivity contribution is 6.30. The van der Waals surface area contributed by atoms with Crippen LogP contribution in [0.5, 0.6) is 5.75 Å². The third-order valence-electron chi connectivity index (χ3n) is 6.47. The summed E-state index contributed by atoms with van der Waals surface area (Å²) >= 11 is 5.64. The lowest BCUT2D eigenvalue weighted by Crippen LogP contribution is -2.75. The van der Waals surface area contributed by atoms with Crippen molar-refractivity contribution in [2.24, 2.45) is 5.41 Å². The van der Waals surface area contributed by atoms with Gasteiger partial charge in [0.05, 0.1) is 5.02 Å². The maximum atomic E-state index is 13.5. The number of carbonyl (C=O) groups is 3. The molecule has 2 bridgehead atoms. The fraction of sp³-hybridized carbons (Fsp3) is 0.440. The lowest BCUT2D eigenvalue weighted by Gasteiger charge is -2.70. The van der Waals surface area contributed by atoms with Gasteiger partial charge in [-0.1, -0.05) is 24.9 Å². The largest absolute Gasteiger partial charge is 0.484 e. The Hall–Kier alpha value is -2.80. The minimum Gasteiger partial charge on any atom is -0.484 e. The summed E-state index contributed by atoms with van der Waals surface area (Å²) in [7, 11) is 0. The number of ketones is 2. The molecule has 1 heterocycles. The van der Waals surface area contributed by atoms with E-state index in [9.17, 15) is 18.8 Å². The monoisotopic (exact) mass is 472 g/mol. The molecule has 1 N–H and O–H groups in total. The van der Waals surface area contributed by atoms with E-state index in [4.69, 9.17) is 16.3 Å². The van der Waals surface area contributed by atoms with E-state index in [0.717, 1.165) is 38.2 Å². The predicted molar refractivity (Wildman–Crippen MR) is 121 cm³/mol. The molecule has 6 nitrogen and oxygen atoms in total. The molecule has 0 unspecified atom stereocenters. The quantitative estimate of drug-likeness (QED) is 0.468. The van der Waals surface area contributed by atoms with Crippen LogP contribution in [0.3, 0.4) is 0 Å². The molecule has 3 aliphatic carbocycles. The normalized spacial score (nSPS) is 22.6. The summed E-state index contributed by atoms with van der Waals surface area (Å²) in [6, 6.07) is 7.26. The van der Waals surface area contributed by atoms with E-state index in [-0.39, 0.29) is 45.8 Å². The lowest BCUT2D eigenvalue weighted by molar-refractivity contribution is -0.164. The first-order valence-electron chi connectivity index (χ1n) is 11.1. The van der Waals surface area contributed by atoms with Crippen LogP contribution in [0.4, 0.5) is 4.39 Å². The summed E-state index contributed by atoms with van der Waals surface area (Å²) in [6.45, 7) is 1.80. The minimum absolute atomic E-state index is 0.00494. The van der Waals surface area contributed by atoms with Gasteiger partial charge < -0.3 is 10.1 Å². The molecule has 33 heavy (non-hydrogen) atoms. The molecule has 1 amide bonds. The molecule has 8 heteroatoms. The molecule has 1 aromatic carbocycles. The number of pyridine rings is 1. The van der Waals surface area contributed by atoms with E-state index in [1.807, 2.05) is 6.92 Å². The first kappa shape index (κ1) is 23.4. The summed E-state index contributed by atoms with van der Waals surface area (Å²) in [6.07, 6.45) is 6.28. The maximum Gasteiger partial charge on any atom is 0.258 e. The van der Waals surface area contributed by atoms with Gasteiger partial charge in [0.15, 0.2) is 18.2 Å². The standard InChI is InChI=1S/C25H26ClFN2O4/c1-2-3-4-21(30)20-9-16(7-8-28-20)22(31)11-24-13-25(14-24,15-24)29-23(32)12-33-17-5-6-18(26)19(27)10-17/h5-10H,2-4,11-15H2,1H3,(H,29,32). The number of nitrogens with zero attached hydrogens (tertiary/aromatic N) is 1. The van der Waals surface area contributed by atoms with E-state index in [1.54, 1.807) is 12.1 Å². The van der Waals surface area contributed by atoms with Gasteiger partial charge in [-0.05, 0) is 55.4 Å². The van der Waals surface area contributed by atoms with Crippen molar-refractivity contribution in [1.29, 1.82) is 0 Å². The number of aromatic nitrogens is 1. The van der Waals surface area contributed by atoms with Gasteiger partial charge in [-0.25, -0.2) is 4.39 Å². The van der Waals surface area contributed by atoms with Gasteiger partial charge >= 0.3 is 0 Å². The number of halogens is 2. The lowest BCUT2D eigenvalue weighted by atomic mass is 9.38. The van der Waals surface area contributed by atoms with Crippen molar-refractivity contribution >= 4 is 29.1 Å². The molecule has 3 aliphatic rings.